The van der Waals surface area contributed by atoms with Gasteiger partial charge in [0.05, 0.1) is 0 Å². The summed E-state index contributed by atoms with van der Waals surface area (Å²) in [5, 5.41) is 0. The fraction of sp³-hybridized carbons (Fsp3) is 0. The molecule has 0 aromatic rings. The Morgan fingerprint density at radius 3 is 0.857 bits per heavy atom. The molecule has 0 amide bonds. The van der Waals surface area contributed by atoms with Crippen LogP contribution in [0.1, 0.15) is 0 Å². The first kappa shape index (κ1) is 15.7. The first-order valence-corrected chi connectivity index (χ1v) is 2.68. The average Bonchev–Trinajstić information content (AvgIpc) is 0.722. The molecule has 0 spiro atoms. The summed E-state index contributed by atoms with van der Waals surface area (Å²) in [5.41, 5.74) is 0. The topological polar surface area (TPSA) is 112 Å². The molecular weight excluding hydrogens is 117 g/mol. The number of rotatable bonds is 0. The second-order valence-electron chi connectivity index (χ2n) is 0.600. The number of hydrogen-bond donors (Lipinski definition) is 4. The van der Waals surface area contributed by atoms with Crippen LogP contribution in [-0.2, 0) is 0 Å². The average molecular weight is 125 g/mol. The first-order chi connectivity index (χ1) is 2.00. The molecular formula is H8BeO5Si. The minimum atomic E-state index is -4.61. The van der Waals surface area contributed by atoms with Gasteiger partial charge in [-0.25, -0.2) is 0 Å². The summed E-state index contributed by atoms with van der Waals surface area (Å²) >= 11 is 0. The fourth-order valence-electron chi connectivity index (χ4n) is 0. The van der Waals surface area contributed by atoms with E-state index >= 15 is 0 Å². The molecule has 0 saturated heterocycles. The molecule has 5 nitrogen and oxygen atoms in total. The van der Waals surface area contributed by atoms with Gasteiger partial charge in [0, 0.05) is 0 Å². The molecule has 0 rings (SSSR count). The van der Waals surface area contributed by atoms with Gasteiger partial charge in [-0.05, 0) is 0 Å². The van der Waals surface area contributed by atoms with Crippen LogP contribution in [0, 0.1) is 0 Å². The molecule has 0 aliphatic heterocycles. The molecule has 0 aromatic heterocycles. The summed E-state index contributed by atoms with van der Waals surface area (Å²) in [7, 11) is -4.61. The molecule has 44 valence electrons. The third-order valence-corrected chi connectivity index (χ3v) is 0. The Balaban J connectivity index is -0.0000000800. The van der Waals surface area contributed by atoms with Gasteiger partial charge in [-0.15, -0.1) is 0 Å². The molecule has 0 bridgehead atoms. The summed E-state index contributed by atoms with van der Waals surface area (Å²) in [5.74, 6) is 0. The molecule has 7 heteroatoms. The van der Waals surface area contributed by atoms with Crippen LogP contribution in [0.4, 0.5) is 0 Å². The van der Waals surface area contributed by atoms with Crippen LogP contribution < -0.4 is 0 Å². The van der Waals surface area contributed by atoms with Crippen molar-refractivity contribution < 1.29 is 24.7 Å². The van der Waals surface area contributed by atoms with Crippen LogP contribution in [0.15, 0.2) is 0 Å². The van der Waals surface area contributed by atoms with E-state index in [1.165, 1.54) is 0 Å². The summed E-state index contributed by atoms with van der Waals surface area (Å²) in [6.45, 7) is 0. The third kappa shape index (κ3) is 3140. The molecule has 0 radical (unpaired) electrons. The van der Waals surface area contributed by atoms with E-state index in [4.69, 9.17) is 19.2 Å². The Kier molecular flexibility index (Phi) is 9.75. The molecule has 0 atom stereocenters. The van der Waals surface area contributed by atoms with Gasteiger partial charge in [-0.2, -0.15) is 0 Å². The van der Waals surface area contributed by atoms with Crippen LogP contribution in [0.5, 0.6) is 0 Å². The van der Waals surface area contributed by atoms with Crippen LogP contribution >= 0.6 is 0 Å². The van der Waals surface area contributed by atoms with Gasteiger partial charge >= 0.3 is 19.2 Å². The molecule has 0 unspecified atom stereocenters. The van der Waals surface area contributed by atoms with Crippen molar-refractivity contribution in [2.24, 2.45) is 0 Å². The predicted molar refractivity (Wildman–Crippen MR) is 26.8 cm³/mol. The Morgan fingerprint density at radius 2 is 0.857 bits per heavy atom. The Bertz CT molecular complexity index is 23.6. The molecule has 0 aliphatic carbocycles. The minimum absolute atomic E-state index is 0. The van der Waals surface area contributed by atoms with E-state index < -0.39 is 9.05 Å². The van der Waals surface area contributed by atoms with Crippen LogP contribution in [0.2, 0.25) is 0 Å². The summed E-state index contributed by atoms with van der Waals surface area (Å²) in [4.78, 5) is 29.3. The quantitative estimate of drug-likeness (QED) is 0.245. The molecule has 7 heavy (non-hydrogen) atoms. The monoisotopic (exact) mass is 125 g/mol. The van der Waals surface area contributed by atoms with Gasteiger partial charge in [0.2, 0.25) is 0 Å². The fourth-order valence-corrected chi connectivity index (χ4v) is 0. The van der Waals surface area contributed by atoms with Crippen LogP contribution in [0.25, 0.3) is 0 Å². The van der Waals surface area contributed by atoms with Gasteiger partial charge in [0.1, 0.15) is 0 Å². The summed E-state index contributed by atoms with van der Waals surface area (Å²) < 4.78 is 0. The maximum absolute atomic E-state index is 7.33. The standard InChI is InChI=1S/Be.H4O4Si.H2O.2H/c;1-5(2,3)4;;;/h;1-4H;1H2;;. The predicted octanol–water partition coefficient (Wildman–Crippen LogP) is -4.35. The summed E-state index contributed by atoms with van der Waals surface area (Å²) in [6, 6.07) is 0. The van der Waals surface area contributed by atoms with E-state index in [-0.39, 0.29) is 15.6 Å². The van der Waals surface area contributed by atoms with Gasteiger partial charge < -0.3 is 24.7 Å². The van der Waals surface area contributed by atoms with Crippen molar-refractivity contribution in [1.29, 1.82) is 0 Å². The van der Waals surface area contributed by atoms with Crippen molar-refractivity contribution in [3.05, 3.63) is 0 Å². The van der Waals surface area contributed by atoms with E-state index in [1.807, 2.05) is 0 Å². The van der Waals surface area contributed by atoms with Crippen LogP contribution in [-0.4, -0.2) is 43.8 Å². The van der Waals surface area contributed by atoms with Crippen molar-refractivity contribution in [1.82, 2.24) is 0 Å². The van der Waals surface area contributed by atoms with Gasteiger partial charge in [-0.3, -0.25) is 0 Å². The Hall–Kier alpha value is 0.186. The second kappa shape index (κ2) is 4.35. The molecule has 0 heterocycles. The normalized spacial score (nSPS) is 8.57. The van der Waals surface area contributed by atoms with Gasteiger partial charge in [0.25, 0.3) is 0 Å². The zero-order valence-electron chi connectivity index (χ0n) is 2.79. The maximum atomic E-state index is 7.33. The van der Waals surface area contributed by atoms with Crippen molar-refractivity contribution in [3.63, 3.8) is 0 Å². The zero-order chi connectivity index (χ0) is 4.50. The SMILES string of the molecule is O.O[Si](O)(O)O.[BeH2]. The third-order valence-electron chi connectivity index (χ3n) is 0. The Labute approximate surface area is 44.9 Å². The first-order valence-electron chi connectivity index (χ1n) is 0.894. The molecule has 0 aromatic carbocycles. The van der Waals surface area contributed by atoms with E-state index in [0.29, 0.717) is 0 Å². The zero-order valence-corrected chi connectivity index (χ0v) is 3.79. The second-order valence-corrected chi connectivity index (χ2v) is 1.80. The van der Waals surface area contributed by atoms with Crippen LogP contribution in [0.3, 0.4) is 0 Å². The molecule has 6 N–H and O–H groups in total. The molecule has 0 aliphatic rings. The van der Waals surface area contributed by atoms with Gasteiger partial charge in [-0.1, -0.05) is 0 Å². The van der Waals surface area contributed by atoms with Crippen molar-refractivity contribution in [2.75, 3.05) is 0 Å². The molecule has 0 fully saturated rings. The van der Waals surface area contributed by atoms with E-state index in [1.54, 1.807) is 0 Å². The van der Waals surface area contributed by atoms with Crippen molar-refractivity contribution in [3.8, 4) is 0 Å². The Morgan fingerprint density at radius 1 is 0.857 bits per heavy atom. The van der Waals surface area contributed by atoms with E-state index in [9.17, 15) is 0 Å². The van der Waals surface area contributed by atoms with Crippen molar-refractivity contribution >= 4 is 19.2 Å². The molecule has 0 saturated carbocycles. The van der Waals surface area contributed by atoms with Gasteiger partial charge in [0.15, 0.2) is 0 Å². The van der Waals surface area contributed by atoms with E-state index in [2.05, 4.69) is 0 Å². The number of hydrogen-bond acceptors (Lipinski definition) is 4. The van der Waals surface area contributed by atoms with Crippen molar-refractivity contribution in [2.45, 2.75) is 0 Å². The summed E-state index contributed by atoms with van der Waals surface area (Å²) in [6.07, 6.45) is 0. The van der Waals surface area contributed by atoms with E-state index in [0.717, 1.165) is 0 Å².